The first kappa shape index (κ1) is 29.8. The zero-order valence-electron chi connectivity index (χ0n) is 25.9. The molecular formula is C37H37N3O6. The van der Waals surface area contributed by atoms with Crippen molar-refractivity contribution in [1.29, 1.82) is 0 Å². The topological polar surface area (TPSA) is 114 Å². The van der Waals surface area contributed by atoms with Crippen molar-refractivity contribution in [2.24, 2.45) is 0 Å². The average Bonchev–Trinajstić information content (AvgIpc) is 3.41. The third-order valence-electron chi connectivity index (χ3n) is 9.46. The maximum Gasteiger partial charge on any atom is 0.335 e. The number of carbonyl (C=O) groups excluding carboxylic acids is 1. The van der Waals surface area contributed by atoms with Crippen LogP contribution >= 0.6 is 0 Å². The van der Waals surface area contributed by atoms with Gasteiger partial charge in [0.1, 0.15) is 18.0 Å². The molecule has 2 fully saturated rings. The Morgan fingerprint density at radius 3 is 2.54 bits per heavy atom. The van der Waals surface area contributed by atoms with E-state index in [9.17, 15) is 19.8 Å². The van der Waals surface area contributed by atoms with Crippen molar-refractivity contribution in [3.63, 3.8) is 0 Å². The van der Waals surface area contributed by atoms with Crippen LogP contribution in [0.1, 0.15) is 53.9 Å². The second-order valence-electron chi connectivity index (χ2n) is 12.2. The second-order valence-corrected chi connectivity index (χ2v) is 12.2. The van der Waals surface area contributed by atoms with E-state index >= 15 is 0 Å². The fourth-order valence-electron chi connectivity index (χ4n) is 7.20. The minimum atomic E-state index is -0.997. The third-order valence-corrected chi connectivity index (χ3v) is 9.46. The number of phenolic OH excluding ortho intramolecular Hbond substituents is 1. The van der Waals surface area contributed by atoms with E-state index in [-0.39, 0.29) is 23.8 Å². The first-order chi connectivity index (χ1) is 22.4. The van der Waals surface area contributed by atoms with Crippen molar-refractivity contribution in [2.45, 2.75) is 44.6 Å². The molecule has 1 saturated heterocycles. The largest absolute Gasteiger partial charge is 0.507 e. The van der Waals surface area contributed by atoms with E-state index in [4.69, 9.17) is 14.5 Å². The molecule has 3 aromatic carbocycles. The summed E-state index contributed by atoms with van der Waals surface area (Å²) < 4.78 is 13.0. The molecule has 46 heavy (non-hydrogen) atoms. The summed E-state index contributed by atoms with van der Waals surface area (Å²) in [7, 11) is 1.57. The van der Waals surface area contributed by atoms with Crippen LogP contribution in [0.5, 0.6) is 11.5 Å². The van der Waals surface area contributed by atoms with Crippen LogP contribution in [-0.2, 0) is 16.1 Å². The fourth-order valence-corrected chi connectivity index (χ4v) is 7.20. The van der Waals surface area contributed by atoms with E-state index in [1.165, 1.54) is 12.0 Å². The number of carboxylic acid groups (broad SMARTS) is 1. The summed E-state index contributed by atoms with van der Waals surface area (Å²) in [5, 5.41) is 22.4. The van der Waals surface area contributed by atoms with E-state index in [1.807, 2.05) is 39.8 Å². The molecular weight excluding hydrogens is 582 g/mol. The minimum Gasteiger partial charge on any atom is -0.507 e. The smallest absolute Gasteiger partial charge is 0.335 e. The number of carboxylic acids is 1. The van der Waals surface area contributed by atoms with Crippen molar-refractivity contribution in [1.82, 2.24) is 14.5 Å². The lowest BCUT2D eigenvalue weighted by molar-refractivity contribution is -0.135. The number of rotatable bonds is 7. The number of methoxy groups -OCH3 is 1. The van der Waals surface area contributed by atoms with Crippen molar-refractivity contribution in [2.75, 3.05) is 33.4 Å². The van der Waals surface area contributed by atoms with E-state index < -0.39 is 5.97 Å². The van der Waals surface area contributed by atoms with Gasteiger partial charge in [0, 0.05) is 23.9 Å². The van der Waals surface area contributed by atoms with Crippen molar-refractivity contribution in [3.05, 3.63) is 77.9 Å². The number of aromatic carboxylic acids is 1. The molecule has 7 rings (SSSR count). The Labute approximate surface area is 267 Å². The van der Waals surface area contributed by atoms with Gasteiger partial charge in [-0.1, -0.05) is 43.5 Å². The van der Waals surface area contributed by atoms with Crippen LogP contribution < -0.4 is 4.74 Å². The second kappa shape index (κ2) is 12.5. The van der Waals surface area contributed by atoms with Crippen molar-refractivity contribution in [3.8, 4) is 34.0 Å². The molecule has 2 N–H and O–H groups in total. The Hall–Kier alpha value is -4.89. The summed E-state index contributed by atoms with van der Waals surface area (Å²) in [4.78, 5) is 32.6. The van der Waals surface area contributed by atoms with Gasteiger partial charge in [0.15, 0.2) is 0 Å². The van der Waals surface area contributed by atoms with E-state index in [2.05, 4.69) is 6.07 Å². The molecule has 0 unspecified atom stereocenters. The molecule has 2 aliphatic rings. The quantitative estimate of drug-likeness (QED) is 0.205. The SMILES string of the molecule is COc1cccc(O)c1-c1ccc2cc(-c3c(C4CCCCC4)c4ccc(C(=O)O)cc4n3CC(=O)N3CCOCC3)ccc2n1. The number of benzene rings is 3. The average molecular weight is 620 g/mol. The molecule has 0 atom stereocenters. The number of aromatic nitrogens is 2. The number of morpholine rings is 1. The fraction of sp³-hybridized carbons (Fsp3) is 0.324. The van der Waals surface area contributed by atoms with Crippen molar-refractivity contribution < 1.29 is 29.3 Å². The number of hydrogen-bond donors (Lipinski definition) is 2. The van der Waals surface area contributed by atoms with Crippen LogP contribution in [-0.4, -0.2) is 70.0 Å². The van der Waals surface area contributed by atoms with Crippen LogP contribution in [0.25, 0.3) is 44.3 Å². The van der Waals surface area contributed by atoms with Crippen LogP contribution in [0, 0.1) is 0 Å². The molecule has 236 valence electrons. The number of pyridine rings is 1. The Bertz CT molecular complexity index is 1950. The van der Waals surface area contributed by atoms with Crippen LogP contribution in [0.2, 0.25) is 0 Å². The number of nitrogens with zero attached hydrogens (tertiary/aromatic N) is 3. The van der Waals surface area contributed by atoms with Crippen LogP contribution in [0.3, 0.4) is 0 Å². The Kier molecular flexibility index (Phi) is 8.09. The molecule has 0 spiro atoms. The predicted molar refractivity (Wildman–Crippen MR) is 177 cm³/mol. The standard InChI is InChI=1S/C37H37N3O6/c1-45-32-9-5-8-31(41)35(32)29-15-11-24-20-25(12-14-28(24)38-29)36-34(23-6-3-2-4-7-23)27-13-10-26(37(43)44)21-30(27)40(36)22-33(42)39-16-18-46-19-17-39/h5,8-15,20-21,23,41H,2-4,6-7,16-19,22H2,1H3,(H,43,44). The number of carbonyl (C=O) groups is 2. The molecule has 1 aliphatic heterocycles. The Balaban J connectivity index is 1.41. The lowest BCUT2D eigenvalue weighted by Gasteiger charge is -2.28. The van der Waals surface area contributed by atoms with Gasteiger partial charge < -0.3 is 29.2 Å². The van der Waals surface area contributed by atoms with Gasteiger partial charge in [-0.25, -0.2) is 9.78 Å². The zero-order valence-corrected chi connectivity index (χ0v) is 25.9. The minimum absolute atomic E-state index is 0.0129. The summed E-state index contributed by atoms with van der Waals surface area (Å²) in [6.45, 7) is 2.19. The van der Waals surface area contributed by atoms with Gasteiger partial charge in [0.25, 0.3) is 0 Å². The van der Waals surface area contributed by atoms with Gasteiger partial charge in [-0.15, -0.1) is 0 Å². The van der Waals surface area contributed by atoms with Gasteiger partial charge in [-0.05, 0) is 72.4 Å². The molecule has 9 nitrogen and oxygen atoms in total. The van der Waals surface area contributed by atoms with Crippen LogP contribution in [0.15, 0.2) is 66.7 Å². The third kappa shape index (κ3) is 5.45. The lowest BCUT2D eigenvalue weighted by atomic mass is 9.81. The summed E-state index contributed by atoms with van der Waals surface area (Å²) >= 11 is 0. The molecule has 0 radical (unpaired) electrons. The van der Waals surface area contributed by atoms with Gasteiger partial charge in [-0.3, -0.25) is 4.79 Å². The maximum absolute atomic E-state index is 13.8. The molecule has 1 saturated carbocycles. The molecule has 2 aromatic heterocycles. The van der Waals surface area contributed by atoms with Crippen LogP contribution in [0.4, 0.5) is 0 Å². The molecule has 1 aliphatic carbocycles. The monoisotopic (exact) mass is 619 g/mol. The predicted octanol–water partition coefficient (Wildman–Crippen LogP) is 6.84. The van der Waals surface area contributed by atoms with E-state index in [1.54, 1.807) is 37.4 Å². The zero-order chi connectivity index (χ0) is 31.8. The first-order valence-corrected chi connectivity index (χ1v) is 16.0. The van der Waals surface area contributed by atoms with Gasteiger partial charge in [0.05, 0.1) is 53.9 Å². The highest BCUT2D eigenvalue weighted by atomic mass is 16.5. The number of hydrogen-bond acceptors (Lipinski definition) is 6. The molecule has 0 bridgehead atoms. The summed E-state index contributed by atoms with van der Waals surface area (Å²) in [5.41, 5.74) is 5.94. The number of amides is 1. The highest BCUT2D eigenvalue weighted by Crippen LogP contribution is 2.45. The van der Waals surface area contributed by atoms with E-state index in [0.717, 1.165) is 58.7 Å². The van der Waals surface area contributed by atoms with Gasteiger partial charge in [-0.2, -0.15) is 0 Å². The van der Waals surface area contributed by atoms with E-state index in [0.29, 0.717) is 49.2 Å². The highest BCUT2D eigenvalue weighted by Gasteiger charge is 2.29. The van der Waals surface area contributed by atoms with Gasteiger partial charge >= 0.3 is 5.97 Å². The summed E-state index contributed by atoms with van der Waals surface area (Å²) in [6.07, 6.45) is 5.57. The lowest BCUT2D eigenvalue weighted by Crippen LogP contribution is -2.42. The maximum atomic E-state index is 13.8. The molecule has 5 aromatic rings. The molecule has 3 heterocycles. The summed E-state index contributed by atoms with van der Waals surface area (Å²) in [5.74, 6) is -0.0815. The number of fused-ring (bicyclic) bond motifs is 2. The van der Waals surface area contributed by atoms with Gasteiger partial charge in [0.2, 0.25) is 5.91 Å². The number of aromatic hydroxyl groups is 1. The summed E-state index contributed by atoms with van der Waals surface area (Å²) in [6, 6.07) is 20.4. The highest BCUT2D eigenvalue weighted by molar-refractivity contribution is 6.00. The Morgan fingerprint density at radius 1 is 0.978 bits per heavy atom. The normalized spacial score (nSPS) is 15.8. The van der Waals surface area contributed by atoms with Crippen molar-refractivity contribution >= 4 is 33.7 Å². The Morgan fingerprint density at radius 2 is 1.78 bits per heavy atom. The number of ether oxygens (including phenoxy) is 2. The molecule has 9 heteroatoms. The number of phenols is 1. The first-order valence-electron chi connectivity index (χ1n) is 16.0. The molecule has 1 amide bonds.